The summed E-state index contributed by atoms with van der Waals surface area (Å²) in [5.74, 6) is 0.867. The number of rotatable bonds is 5. The van der Waals surface area contributed by atoms with Gasteiger partial charge in [-0.1, -0.05) is 19.4 Å². The number of aromatic nitrogens is 1. The second-order valence-corrected chi connectivity index (χ2v) is 2.97. The number of unbranched alkanes of at least 4 members (excludes halogenated alkanes) is 1. The summed E-state index contributed by atoms with van der Waals surface area (Å²) in [5.41, 5.74) is 8.26. The van der Waals surface area contributed by atoms with Crippen molar-refractivity contribution in [3.8, 4) is 0 Å². The van der Waals surface area contributed by atoms with E-state index in [-0.39, 0.29) is 0 Å². The molecular formula is C10H16N3. The van der Waals surface area contributed by atoms with Crippen molar-refractivity contribution < 1.29 is 0 Å². The highest BCUT2D eigenvalue weighted by Crippen LogP contribution is 2.10. The lowest BCUT2D eigenvalue weighted by Gasteiger charge is -2.07. The van der Waals surface area contributed by atoms with E-state index in [1.165, 1.54) is 6.42 Å². The summed E-state index contributed by atoms with van der Waals surface area (Å²) in [7, 11) is 0. The molecule has 3 nitrogen and oxygen atoms in total. The molecule has 0 saturated carbocycles. The second kappa shape index (κ2) is 5.54. The monoisotopic (exact) mass is 178 g/mol. The van der Waals surface area contributed by atoms with Gasteiger partial charge in [0.1, 0.15) is 5.82 Å². The van der Waals surface area contributed by atoms with Gasteiger partial charge in [-0.3, -0.25) is 5.73 Å². The van der Waals surface area contributed by atoms with Crippen molar-refractivity contribution in [1.29, 1.82) is 0 Å². The van der Waals surface area contributed by atoms with E-state index < -0.39 is 0 Å². The Morgan fingerprint density at radius 2 is 2.38 bits per heavy atom. The van der Waals surface area contributed by atoms with Crippen molar-refractivity contribution in [1.82, 2.24) is 10.7 Å². The molecule has 0 bridgehead atoms. The summed E-state index contributed by atoms with van der Waals surface area (Å²) in [5, 5.41) is 3.23. The Hall–Kier alpha value is -1.09. The average Bonchev–Trinajstić information content (AvgIpc) is 2.19. The van der Waals surface area contributed by atoms with Crippen LogP contribution in [0.3, 0.4) is 0 Å². The normalized spacial score (nSPS) is 10.0. The molecule has 0 aliphatic carbocycles. The number of hydrogen-bond donors (Lipinski definition) is 1. The van der Waals surface area contributed by atoms with Crippen molar-refractivity contribution >= 4 is 5.82 Å². The molecule has 71 valence electrons. The predicted molar refractivity (Wildman–Crippen MR) is 54.4 cm³/mol. The van der Waals surface area contributed by atoms with Crippen LogP contribution in [0.1, 0.15) is 25.3 Å². The molecule has 1 aromatic rings. The van der Waals surface area contributed by atoms with E-state index in [4.69, 9.17) is 5.73 Å². The Morgan fingerprint density at radius 1 is 1.54 bits per heavy atom. The highest BCUT2D eigenvalue weighted by Gasteiger charge is 1.99. The molecule has 0 amide bonds. The van der Waals surface area contributed by atoms with E-state index in [1.54, 1.807) is 6.20 Å². The standard InChI is InChI=1S/C10H16N3/c1-2-3-6-12-10-9(8-11)5-4-7-13-10/h4-5,7,11H,2-3,6,8H2,1H3,(H,12,13). The molecule has 13 heavy (non-hydrogen) atoms. The fourth-order valence-corrected chi connectivity index (χ4v) is 1.12. The van der Waals surface area contributed by atoms with E-state index in [2.05, 4.69) is 17.2 Å². The number of hydrogen-bond acceptors (Lipinski definition) is 2. The summed E-state index contributed by atoms with van der Waals surface area (Å²) in [6, 6.07) is 3.81. The summed E-state index contributed by atoms with van der Waals surface area (Å²) in [6.45, 7) is 3.40. The SMILES string of the molecule is CCCCNc1ncccc1C[NH]. The molecule has 1 radical (unpaired) electrons. The third-order valence-electron chi connectivity index (χ3n) is 1.90. The quantitative estimate of drug-likeness (QED) is 0.702. The minimum Gasteiger partial charge on any atom is -0.370 e. The molecule has 0 atom stereocenters. The van der Waals surface area contributed by atoms with Crippen molar-refractivity contribution in [2.45, 2.75) is 26.3 Å². The molecule has 2 N–H and O–H groups in total. The van der Waals surface area contributed by atoms with Gasteiger partial charge < -0.3 is 5.32 Å². The molecule has 0 saturated heterocycles. The first-order chi connectivity index (χ1) is 6.38. The smallest absolute Gasteiger partial charge is 0.130 e. The van der Waals surface area contributed by atoms with Crippen LogP contribution in [0, 0.1) is 0 Å². The molecule has 0 aliphatic rings. The zero-order valence-corrected chi connectivity index (χ0v) is 8.01. The van der Waals surface area contributed by atoms with Gasteiger partial charge >= 0.3 is 0 Å². The summed E-state index contributed by atoms with van der Waals surface area (Å²) < 4.78 is 0. The Bertz CT molecular complexity index is 248. The Kier molecular flexibility index (Phi) is 4.26. The van der Waals surface area contributed by atoms with Gasteiger partial charge in [0.05, 0.1) is 0 Å². The van der Waals surface area contributed by atoms with Gasteiger partial charge in [0.15, 0.2) is 0 Å². The van der Waals surface area contributed by atoms with Crippen LogP contribution in [0.25, 0.3) is 0 Å². The zero-order chi connectivity index (χ0) is 9.52. The van der Waals surface area contributed by atoms with Crippen LogP contribution in [-0.2, 0) is 6.54 Å². The largest absolute Gasteiger partial charge is 0.370 e. The van der Waals surface area contributed by atoms with Gasteiger partial charge in [-0.15, -0.1) is 0 Å². The molecule has 1 rings (SSSR count). The second-order valence-electron chi connectivity index (χ2n) is 2.97. The molecule has 1 heterocycles. The third kappa shape index (κ3) is 3.03. The first-order valence-corrected chi connectivity index (χ1v) is 4.70. The zero-order valence-electron chi connectivity index (χ0n) is 8.01. The molecule has 0 fully saturated rings. The van der Waals surface area contributed by atoms with Gasteiger partial charge in [0.2, 0.25) is 0 Å². The first-order valence-electron chi connectivity index (χ1n) is 4.70. The van der Waals surface area contributed by atoms with E-state index in [1.807, 2.05) is 12.1 Å². The summed E-state index contributed by atoms with van der Waals surface area (Å²) >= 11 is 0. The van der Waals surface area contributed by atoms with Crippen LogP contribution >= 0.6 is 0 Å². The molecular weight excluding hydrogens is 162 g/mol. The first kappa shape index (κ1) is 9.99. The molecule has 3 heteroatoms. The average molecular weight is 178 g/mol. The highest BCUT2D eigenvalue weighted by atomic mass is 15.0. The van der Waals surface area contributed by atoms with Crippen LogP contribution in [0.5, 0.6) is 0 Å². The lowest BCUT2D eigenvalue weighted by Crippen LogP contribution is -2.05. The lowest BCUT2D eigenvalue weighted by atomic mass is 10.2. The predicted octanol–water partition coefficient (Wildman–Crippen LogP) is 2.08. The Balaban J connectivity index is 2.54. The van der Waals surface area contributed by atoms with E-state index in [0.29, 0.717) is 6.54 Å². The van der Waals surface area contributed by atoms with Crippen LogP contribution in [-0.4, -0.2) is 11.5 Å². The fourth-order valence-electron chi connectivity index (χ4n) is 1.12. The molecule has 0 spiro atoms. The minimum atomic E-state index is 0.294. The van der Waals surface area contributed by atoms with Gasteiger partial charge in [-0.2, -0.15) is 0 Å². The fraction of sp³-hybridized carbons (Fsp3) is 0.500. The number of anilines is 1. The topological polar surface area (TPSA) is 48.7 Å². The van der Waals surface area contributed by atoms with Gasteiger partial charge in [-0.05, 0) is 12.5 Å². The summed E-state index contributed by atoms with van der Waals surface area (Å²) in [4.78, 5) is 4.19. The summed E-state index contributed by atoms with van der Waals surface area (Å²) in [6.07, 6.45) is 4.08. The maximum Gasteiger partial charge on any atom is 0.130 e. The van der Waals surface area contributed by atoms with Crippen LogP contribution in [0.4, 0.5) is 5.82 Å². The van der Waals surface area contributed by atoms with Crippen molar-refractivity contribution in [3.05, 3.63) is 23.9 Å². The molecule has 1 aromatic heterocycles. The number of pyridine rings is 1. The lowest BCUT2D eigenvalue weighted by molar-refractivity contribution is 0.828. The van der Waals surface area contributed by atoms with Crippen molar-refractivity contribution in [3.63, 3.8) is 0 Å². The Morgan fingerprint density at radius 3 is 3.08 bits per heavy atom. The van der Waals surface area contributed by atoms with Crippen LogP contribution in [0.2, 0.25) is 0 Å². The van der Waals surface area contributed by atoms with Crippen molar-refractivity contribution in [2.75, 3.05) is 11.9 Å². The van der Waals surface area contributed by atoms with Crippen LogP contribution in [0.15, 0.2) is 18.3 Å². The molecule has 0 aromatic carbocycles. The third-order valence-corrected chi connectivity index (χ3v) is 1.90. The van der Waals surface area contributed by atoms with E-state index in [9.17, 15) is 0 Å². The van der Waals surface area contributed by atoms with Crippen LogP contribution < -0.4 is 11.1 Å². The van der Waals surface area contributed by atoms with Gasteiger partial charge in [0, 0.05) is 24.8 Å². The number of nitrogens with zero attached hydrogens (tertiary/aromatic N) is 1. The minimum absolute atomic E-state index is 0.294. The van der Waals surface area contributed by atoms with E-state index in [0.717, 1.165) is 24.3 Å². The maximum atomic E-state index is 7.28. The van der Waals surface area contributed by atoms with E-state index >= 15 is 0 Å². The molecule has 0 unspecified atom stereocenters. The number of nitrogens with one attached hydrogen (secondary N) is 2. The highest BCUT2D eigenvalue weighted by molar-refractivity contribution is 5.43. The maximum absolute atomic E-state index is 7.28. The van der Waals surface area contributed by atoms with Gasteiger partial charge in [0.25, 0.3) is 0 Å². The molecule has 0 aliphatic heterocycles. The Labute approximate surface area is 79.4 Å². The van der Waals surface area contributed by atoms with Gasteiger partial charge in [-0.25, -0.2) is 4.98 Å². The van der Waals surface area contributed by atoms with Crippen molar-refractivity contribution in [2.24, 2.45) is 0 Å².